The highest BCUT2D eigenvalue weighted by Crippen LogP contribution is 2.32. The lowest BCUT2D eigenvalue weighted by molar-refractivity contribution is 0.137. The zero-order valence-corrected chi connectivity index (χ0v) is 10.6. The molecule has 0 saturated heterocycles. The second-order valence-electron chi connectivity index (χ2n) is 4.02. The molecule has 0 fully saturated rings. The number of ether oxygens (including phenoxy) is 2. The van der Waals surface area contributed by atoms with Crippen molar-refractivity contribution in [2.24, 2.45) is 0 Å². The Morgan fingerprint density at radius 2 is 1.72 bits per heavy atom. The standard InChI is InChI=1S/C15H17NO2/c1-17-12-8-9-14(16)13(10-12)15(18-2)11-6-4-3-5-7-11/h3-10,15H,16H2,1-2H3. The minimum absolute atomic E-state index is 0.179. The molecular weight excluding hydrogens is 226 g/mol. The summed E-state index contributed by atoms with van der Waals surface area (Å²) in [6.45, 7) is 0. The molecular formula is C15H17NO2. The lowest BCUT2D eigenvalue weighted by Gasteiger charge is -2.18. The molecule has 0 radical (unpaired) electrons. The monoisotopic (exact) mass is 243 g/mol. The van der Waals surface area contributed by atoms with Crippen LogP contribution in [0.15, 0.2) is 48.5 Å². The van der Waals surface area contributed by atoms with E-state index in [9.17, 15) is 0 Å². The minimum atomic E-state index is -0.179. The smallest absolute Gasteiger partial charge is 0.119 e. The van der Waals surface area contributed by atoms with E-state index in [1.165, 1.54) is 0 Å². The maximum absolute atomic E-state index is 6.02. The van der Waals surface area contributed by atoms with Gasteiger partial charge < -0.3 is 15.2 Å². The van der Waals surface area contributed by atoms with Gasteiger partial charge in [-0.25, -0.2) is 0 Å². The molecule has 2 aromatic carbocycles. The summed E-state index contributed by atoms with van der Waals surface area (Å²) >= 11 is 0. The predicted octanol–water partition coefficient (Wildman–Crippen LogP) is 3.01. The molecule has 0 aliphatic carbocycles. The Hall–Kier alpha value is -2.00. The number of benzene rings is 2. The summed E-state index contributed by atoms with van der Waals surface area (Å²) in [6, 6.07) is 15.6. The second-order valence-corrected chi connectivity index (χ2v) is 4.02. The summed E-state index contributed by atoms with van der Waals surface area (Å²) in [4.78, 5) is 0. The van der Waals surface area contributed by atoms with Crippen molar-refractivity contribution in [3.8, 4) is 5.75 Å². The molecule has 1 atom stereocenters. The van der Waals surface area contributed by atoms with Gasteiger partial charge in [-0.3, -0.25) is 0 Å². The van der Waals surface area contributed by atoms with Gasteiger partial charge in [-0.1, -0.05) is 30.3 Å². The Bertz CT molecular complexity index is 511. The molecule has 0 aliphatic heterocycles. The van der Waals surface area contributed by atoms with Crippen LogP contribution in [0.2, 0.25) is 0 Å². The Morgan fingerprint density at radius 1 is 1.00 bits per heavy atom. The van der Waals surface area contributed by atoms with E-state index in [1.54, 1.807) is 14.2 Å². The van der Waals surface area contributed by atoms with Gasteiger partial charge >= 0.3 is 0 Å². The molecule has 3 nitrogen and oxygen atoms in total. The van der Waals surface area contributed by atoms with Gasteiger partial charge in [-0.15, -0.1) is 0 Å². The largest absolute Gasteiger partial charge is 0.497 e. The van der Waals surface area contributed by atoms with Crippen molar-refractivity contribution in [3.63, 3.8) is 0 Å². The summed E-state index contributed by atoms with van der Waals surface area (Å²) in [5.74, 6) is 0.775. The molecule has 2 N–H and O–H groups in total. The molecule has 0 heterocycles. The average molecular weight is 243 g/mol. The molecule has 2 rings (SSSR count). The van der Waals surface area contributed by atoms with Gasteiger partial charge in [-0.2, -0.15) is 0 Å². The van der Waals surface area contributed by atoms with E-state index in [-0.39, 0.29) is 6.10 Å². The Labute approximate surface area is 107 Å². The maximum Gasteiger partial charge on any atom is 0.119 e. The molecule has 2 aromatic rings. The number of hydrogen-bond acceptors (Lipinski definition) is 3. The summed E-state index contributed by atoms with van der Waals surface area (Å²) in [7, 11) is 3.32. The van der Waals surface area contributed by atoms with E-state index in [4.69, 9.17) is 15.2 Å². The third-order valence-electron chi connectivity index (χ3n) is 2.91. The first-order chi connectivity index (χ1) is 8.76. The van der Waals surface area contributed by atoms with Crippen molar-refractivity contribution >= 4 is 5.69 Å². The first kappa shape index (κ1) is 12.5. The summed E-state index contributed by atoms with van der Waals surface area (Å²) < 4.78 is 10.8. The van der Waals surface area contributed by atoms with Crippen LogP contribution in [0.4, 0.5) is 5.69 Å². The fourth-order valence-corrected chi connectivity index (χ4v) is 1.98. The van der Waals surface area contributed by atoms with E-state index in [2.05, 4.69) is 0 Å². The minimum Gasteiger partial charge on any atom is -0.497 e. The van der Waals surface area contributed by atoms with E-state index in [0.29, 0.717) is 5.69 Å². The van der Waals surface area contributed by atoms with Crippen LogP contribution in [-0.2, 0) is 4.74 Å². The van der Waals surface area contributed by atoms with E-state index < -0.39 is 0 Å². The van der Waals surface area contributed by atoms with Crippen LogP contribution in [0, 0.1) is 0 Å². The van der Waals surface area contributed by atoms with Gasteiger partial charge in [-0.05, 0) is 23.8 Å². The molecule has 94 valence electrons. The Kier molecular flexibility index (Phi) is 3.85. The van der Waals surface area contributed by atoms with Crippen LogP contribution in [-0.4, -0.2) is 14.2 Å². The topological polar surface area (TPSA) is 44.5 Å². The van der Waals surface area contributed by atoms with Crippen LogP contribution < -0.4 is 10.5 Å². The quantitative estimate of drug-likeness (QED) is 0.839. The molecule has 0 aromatic heterocycles. The zero-order chi connectivity index (χ0) is 13.0. The molecule has 18 heavy (non-hydrogen) atoms. The van der Waals surface area contributed by atoms with Crippen LogP contribution in [0.1, 0.15) is 17.2 Å². The predicted molar refractivity (Wildman–Crippen MR) is 72.7 cm³/mol. The summed E-state index contributed by atoms with van der Waals surface area (Å²) in [6.07, 6.45) is -0.179. The molecule has 0 spiro atoms. The lowest BCUT2D eigenvalue weighted by Crippen LogP contribution is -2.07. The third-order valence-corrected chi connectivity index (χ3v) is 2.91. The Morgan fingerprint density at radius 3 is 2.33 bits per heavy atom. The van der Waals surface area contributed by atoms with Crippen LogP contribution in [0.3, 0.4) is 0 Å². The first-order valence-electron chi connectivity index (χ1n) is 5.77. The van der Waals surface area contributed by atoms with Crippen LogP contribution >= 0.6 is 0 Å². The van der Waals surface area contributed by atoms with Gasteiger partial charge in [0.2, 0.25) is 0 Å². The van der Waals surface area contributed by atoms with E-state index in [0.717, 1.165) is 16.9 Å². The van der Waals surface area contributed by atoms with Gasteiger partial charge in [0.15, 0.2) is 0 Å². The SMILES string of the molecule is COc1ccc(N)c(C(OC)c2ccccc2)c1. The molecule has 1 unspecified atom stereocenters. The lowest BCUT2D eigenvalue weighted by atomic mass is 9.99. The third kappa shape index (κ3) is 2.46. The number of methoxy groups -OCH3 is 2. The molecule has 3 heteroatoms. The normalized spacial score (nSPS) is 12.1. The fourth-order valence-electron chi connectivity index (χ4n) is 1.98. The second kappa shape index (κ2) is 5.56. The first-order valence-corrected chi connectivity index (χ1v) is 5.77. The van der Waals surface area contributed by atoms with Gasteiger partial charge in [0.05, 0.1) is 7.11 Å². The highest BCUT2D eigenvalue weighted by atomic mass is 16.5. The van der Waals surface area contributed by atoms with Crippen LogP contribution in [0.5, 0.6) is 5.75 Å². The number of anilines is 1. The van der Waals surface area contributed by atoms with Gasteiger partial charge in [0.1, 0.15) is 11.9 Å². The van der Waals surface area contributed by atoms with Crippen molar-refractivity contribution in [1.82, 2.24) is 0 Å². The van der Waals surface area contributed by atoms with Crippen molar-refractivity contribution < 1.29 is 9.47 Å². The van der Waals surface area contributed by atoms with Gasteiger partial charge in [0, 0.05) is 18.4 Å². The molecule has 0 aliphatic rings. The van der Waals surface area contributed by atoms with E-state index in [1.807, 2.05) is 48.5 Å². The van der Waals surface area contributed by atoms with Crippen molar-refractivity contribution in [2.75, 3.05) is 20.0 Å². The Balaban J connectivity index is 2.44. The number of hydrogen-bond donors (Lipinski definition) is 1. The van der Waals surface area contributed by atoms with Crippen molar-refractivity contribution in [3.05, 3.63) is 59.7 Å². The highest BCUT2D eigenvalue weighted by molar-refractivity contribution is 5.54. The van der Waals surface area contributed by atoms with Gasteiger partial charge in [0.25, 0.3) is 0 Å². The number of nitrogens with two attached hydrogens (primary N) is 1. The average Bonchev–Trinajstić information content (AvgIpc) is 2.43. The molecule has 0 amide bonds. The maximum atomic E-state index is 6.02. The fraction of sp³-hybridized carbons (Fsp3) is 0.200. The van der Waals surface area contributed by atoms with Crippen molar-refractivity contribution in [2.45, 2.75) is 6.10 Å². The van der Waals surface area contributed by atoms with E-state index >= 15 is 0 Å². The molecule has 0 bridgehead atoms. The van der Waals surface area contributed by atoms with Crippen molar-refractivity contribution in [1.29, 1.82) is 0 Å². The number of rotatable bonds is 4. The molecule has 0 saturated carbocycles. The highest BCUT2D eigenvalue weighted by Gasteiger charge is 2.16. The zero-order valence-electron chi connectivity index (χ0n) is 10.6. The van der Waals surface area contributed by atoms with Crippen LogP contribution in [0.25, 0.3) is 0 Å². The summed E-state index contributed by atoms with van der Waals surface area (Å²) in [5.41, 5.74) is 8.71. The number of nitrogen functional groups attached to an aromatic ring is 1. The summed E-state index contributed by atoms with van der Waals surface area (Å²) in [5, 5.41) is 0.